The molecule has 1 unspecified atom stereocenters. The van der Waals surface area contributed by atoms with Gasteiger partial charge in [-0.15, -0.1) is 0 Å². The molecule has 1 saturated heterocycles. The van der Waals surface area contributed by atoms with Gasteiger partial charge in [0, 0.05) is 5.56 Å². The van der Waals surface area contributed by atoms with Crippen LogP contribution in [0.2, 0.25) is 0 Å². The van der Waals surface area contributed by atoms with Gasteiger partial charge in [-0.05, 0) is 61.0 Å². The normalized spacial score (nSPS) is 17.4. The summed E-state index contributed by atoms with van der Waals surface area (Å²) in [4.78, 5) is 35.2. The maximum atomic E-state index is 13.2. The van der Waals surface area contributed by atoms with E-state index in [9.17, 15) is 19.8 Å². The third kappa shape index (κ3) is 3.55. The Morgan fingerprint density at radius 1 is 1.06 bits per heavy atom. The summed E-state index contributed by atoms with van der Waals surface area (Å²) in [5.74, 6) is -1.25. The molecule has 8 heteroatoms. The third-order valence-electron chi connectivity index (χ3n) is 5.67. The highest BCUT2D eigenvalue weighted by molar-refractivity contribution is 6.51. The second kappa shape index (κ2) is 8.40. The Kier molecular flexibility index (Phi) is 5.25. The number of aliphatic hydroxyl groups is 1. The Balaban J connectivity index is 1.69. The molecule has 0 aliphatic carbocycles. The number of benzene rings is 3. The topological polar surface area (TPSA) is 116 Å². The molecule has 1 fully saturated rings. The fourth-order valence-electron chi connectivity index (χ4n) is 4.15. The zero-order valence-electron chi connectivity index (χ0n) is 18.2. The zero-order valence-corrected chi connectivity index (χ0v) is 18.2. The van der Waals surface area contributed by atoms with E-state index in [0.29, 0.717) is 34.5 Å². The lowest BCUT2D eigenvalue weighted by molar-refractivity contribution is -0.132. The maximum Gasteiger partial charge on any atom is 0.302 e. The van der Waals surface area contributed by atoms with E-state index in [-0.39, 0.29) is 23.0 Å². The number of anilines is 1. The quantitative estimate of drug-likeness (QED) is 0.235. The molecule has 8 nitrogen and oxygen atoms in total. The summed E-state index contributed by atoms with van der Waals surface area (Å²) in [6, 6.07) is 19.1. The van der Waals surface area contributed by atoms with Crippen LogP contribution in [0.4, 0.5) is 5.95 Å². The Morgan fingerprint density at radius 2 is 1.82 bits per heavy atom. The minimum Gasteiger partial charge on any atom is -0.508 e. The number of aromatic amines is 1. The van der Waals surface area contributed by atoms with Gasteiger partial charge in [-0.2, -0.15) is 0 Å². The number of imidazole rings is 1. The number of phenolic OH excluding ortho intramolecular Hbond substituents is 1. The van der Waals surface area contributed by atoms with Crippen LogP contribution in [0.15, 0.2) is 78.4 Å². The number of ether oxygens (including phenoxy) is 1. The molecule has 170 valence electrons. The Bertz CT molecular complexity index is 1410. The SMILES string of the molecule is CCOc1ccc(/C(O)=C2\C(=O)C(=O)N(c3nc4ccccc4[nH]3)C2c2cccc(O)c2)cc1. The number of hydrogen-bond donors (Lipinski definition) is 3. The molecular weight excluding hydrogens is 434 g/mol. The van der Waals surface area contributed by atoms with E-state index in [0.717, 1.165) is 0 Å². The monoisotopic (exact) mass is 455 g/mol. The second-order valence-corrected chi connectivity index (χ2v) is 7.80. The van der Waals surface area contributed by atoms with E-state index in [4.69, 9.17) is 4.74 Å². The Morgan fingerprint density at radius 3 is 2.53 bits per heavy atom. The number of aromatic nitrogens is 2. The van der Waals surface area contributed by atoms with Gasteiger partial charge in [-0.25, -0.2) is 4.98 Å². The second-order valence-electron chi connectivity index (χ2n) is 7.80. The molecule has 0 saturated carbocycles. The average Bonchev–Trinajstić information content (AvgIpc) is 3.38. The number of para-hydroxylation sites is 2. The molecule has 1 aromatic heterocycles. The summed E-state index contributed by atoms with van der Waals surface area (Å²) in [5, 5.41) is 21.3. The highest BCUT2D eigenvalue weighted by Crippen LogP contribution is 2.42. The van der Waals surface area contributed by atoms with Gasteiger partial charge in [-0.3, -0.25) is 14.5 Å². The van der Waals surface area contributed by atoms with Crippen LogP contribution in [0.1, 0.15) is 24.1 Å². The number of carbonyl (C=O) groups excluding carboxylic acids is 2. The number of hydrogen-bond acceptors (Lipinski definition) is 6. The molecule has 3 N–H and O–H groups in total. The Labute approximate surface area is 194 Å². The molecule has 1 aliphatic heterocycles. The van der Waals surface area contributed by atoms with Gasteiger partial charge in [0.2, 0.25) is 5.95 Å². The molecule has 1 aliphatic rings. The molecule has 0 spiro atoms. The molecule has 3 aromatic carbocycles. The molecule has 0 radical (unpaired) electrons. The molecule has 1 amide bonds. The number of aromatic hydroxyl groups is 1. The fourth-order valence-corrected chi connectivity index (χ4v) is 4.15. The van der Waals surface area contributed by atoms with Crippen molar-refractivity contribution in [1.82, 2.24) is 9.97 Å². The van der Waals surface area contributed by atoms with Gasteiger partial charge in [0.05, 0.1) is 29.3 Å². The molecule has 4 aromatic rings. The van der Waals surface area contributed by atoms with Crippen LogP contribution < -0.4 is 9.64 Å². The van der Waals surface area contributed by atoms with Gasteiger partial charge >= 0.3 is 5.91 Å². The minimum absolute atomic E-state index is 0.0336. The number of nitrogens with zero attached hydrogens (tertiary/aromatic N) is 2. The van der Waals surface area contributed by atoms with Crippen molar-refractivity contribution in [3.8, 4) is 11.5 Å². The summed E-state index contributed by atoms with van der Waals surface area (Å²) >= 11 is 0. The highest BCUT2D eigenvalue weighted by atomic mass is 16.5. The maximum absolute atomic E-state index is 13.2. The molecule has 34 heavy (non-hydrogen) atoms. The van der Waals surface area contributed by atoms with Crippen molar-refractivity contribution in [3.05, 3.63) is 89.5 Å². The third-order valence-corrected chi connectivity index (χ3v) is 5.67. The number of amides is 1. The van der Waals surface area contributed by atoms with Gasteiger partial charge in [0.15, 0.2) is 0 Å². The van der Waals surface area contributed by atoms with E-state index < -0.39 is 17.7 Å². The number of aliphatic hydroxyl groups excluding tert-OH is 1. The largest absolute Gasteiger partial charge is 0.508 e. The number of nitrogens with one attached hydrogen (secondary N) is 1. The summed E-state index contributed by atoms with van der Waals surface area (Å²) in [6.45, 7) is 2.36. The van der Waals surface area contributed by atoms with E-state index in [1.165, 1.54) is 17.0 Å². The van der Waals surface area contributed by atoms with Gasteiger partial charge < -0.3 is 19.9 Å². The van der Waals surface area contributed by atoms with Crippen LogP contribution in [0, 0.1) is 0 Å². The van der Waals surface area contributed by atoms with E-state index in [1.54, 1.807) is 42.5 Å². The number of fused-ring (bicyclic) bond motifs is 1. The molecule has 2 heterocycles. The Hall–Kier alpha value is -4.59. The number of carbonyl (C=O) groups is 2. The predicted octanol–water partition coefficient (Wildman–Crippen LogP) is 4.29. The fraction of sp³-hybridized carbons (Fsp3) is 0.115. The summed E-state index contributed by atoms with van der Waals surface area (Å²) < 4.78 is 5.44. The van der Waals surface area contributed by atoms with Crippen LogP contribution in [0.5, 0.6) is 11.5 Å². The first kappa shape index (κ1) is 21.3. The molecular formula is C26H21N3O5. The van der Waals surface area contributed by atoms with Gasteiger partial charge in [0.25, 0.3) is 5.78 Å². The number of Topliss-reactive ketones (excluding diaryl/α,β-unsaturated/α-hetero) is 1. The van der Waals surface area contributed by atoms with Gasteiger partial charge in [-0.1, -0.05) is 24.3 Å². The average molecular weight is 455 g/mol. The lowest BCUT2D eigenvalue weighted by Crippen LogP contribution is -2.30. The number of ketones is 1. The summed E-state index contributed by atoms with van der Waals surface area (Å²) in [5.41, 5.74) is 2.03. The minimum atomic E-state index is -1.00. The first-order chi connectivity index (χ1) is 16.5. The van der Waals surface area contributed by atoms with Crippen LogP contribution in [-0.4, -0.2) is 38.5 Å². The first-order valence-electron chi connectivity index (χ1n) is 10.8. The number of H-pyrrole nitrogens is 1. The van der Waals surface area contributed by atoms with Crippen LogP contribution in [0.3, 0.4) is 0 Å². The smallest absolute Gasteiger partial charge is 0.302 e. The van der Waals surface area contributed by atoms with E-state index in [1.807, 2.05) is 25.1 Å². The van der Waals surface area contributed by atoms with Gasteiger partial charge in [0.1, 0.15) is 17.3 Å². The molecule has 5 rings (SSSR count). The van der Waals surface area contributed by atoms with Crippen molar-refractivity contribution in [1.29, 1.82) is 0 Å². The number of phenols is 1. The van der Waals surface area contributed by atoms with E-state index in [2.05, 4.69) is 9.97 Å². The summed E-state index contributed by atoms with van der Waals surface area (Å²) in [6.07, 6.45) is 0. The van der Waals surface area contributed by atoms with Crippen molar-refractivity contribution < 1.29 is 24.5 Å². The van der Waals surface area contributed by atoms with Crippen molar-refractivity contribution in [2.75, 3.05) is 11.5 Å². The lowest BCUT2D eigenvalue weighted by atomic mass is 9.95. The molecule has 1 atom stereocenters. The standard InChI is InChI=1S/C26H21N3O5/c1-2-34-18-12-10-15(11-13-18)23(31)21-22(16-6-5-7-17(30)14-16)29(25(33)24(21)32)26-27-19-8-3-4-9-20(19)28-26/h3-14,22,30-31H,2H2,1H3,(H,27,28)/b23-21+. The van der Waals surface area contributed by atoms with Crippen LogP contribution >= 0.6 is 0 Å². The predicted molar refractivity (Wildman–Crippen MR) is 127 cm³/mol. The van der Waals surface area contributed by atoms with E-state index >= 15 is 0 Å². The van der Waals surface area contributed by atoms with Crippen molar-refractivity contribution in [2.24, 2.45) is 0 Å². The zero-order chi connectivity index (χ0) is 23.8. The van der Waals surface area contributed by atoms with Crippen molar-refractivity contribution in [3.63, 3.8) is 0 Å². The van der Waals surface area contributed by atoms with Crippen molar-refractivity contribution in [2.45, 2.75) is 13.0 Å². The number of rotatable bonds is 5. The van der Waals surface area contributed by atoms with Crippen molar-refractivity contribution >= 4 is 34.4 Å². The first-order valence-corrected chi connectivity index (χ1v) is 10.8. The van der Waals surface area contributed by atoms with Crippen LogP contribution in [0.25, 0.3) is 16.8 Å². The summed E-state index contributed by atoms with van der Waals surface area (Å²) in [7, 11) is 0. The van der Waals surface area contributed by atoms with Crippen LogP contribution in [-0.2, 0) is 9.59 Å². The lowest BCUT2D eigenvalue weighted by Gasteiger charge is -2.23. The highest BCUT2D eigenvalue weighted by Gasteiger charge is 2.48. The molecule has 0 bridgehead atoms.